The highest BCUT2D eigenvalue weighted by Gasteiger charge is 2.06. The molecular weight excluding hydrogens is 242 g/mol. The maximum atomic E-state index is 11.4. The molecule has 17 heavy (non-hydrogen) atoms. The Kier molecular flexibility index (Phi) is 4.97. The number of aryl methyl sites for hydroxylation is 1. The third-order valence-electron chi connectivity index (χ3n) is 2.11. The number of ether oxygens (including phenoxy) is 1. The summed E-state index contributed by atoms with van der Waals surface area (Å²) in [5, 5.41) is 3.17. The molecule has 0 heterocycles. The van der Waals surface area contributed by atoms with E-state index < -0.39 is 5.97 Å². The fourth-order valence-electron chi connectivity index (χ4n) is 1.12. The number of rotatable bonds is 4. The molecule has 0 aromatic heterocycles. The SMILES string of the molecule is CCC(=O)OCC(=O)Nc1ccc(C)c(Cl)c1. The Morgan fingerprint density at radius 1 is 1.41 bits per heavy atom. The highest BCUT2D eigenvalue weighted by molar-refractivity contribution is 6.31. The number of carbonyl (C=O) groups is 2. The number of amides is 1. The molecular formula is C12H14ClNO3. The van der Waals surface area contributed by atoms with Gasteiger partial charge in [0.15, 0.2) is 6.61 Å². The van der Waals surface area contributed by atoms with Crippen LogP contribution < -0.4 is 5.32 Å². The van der Waals surface area contributed by atoms with Crippen molar-refractivity contribution in [2.75, 3.05) is 11.9 Å². The Labute approximate surface area is 105 Å². The van der Waals surface area contributed by atoms with Crippen LogP contribution in [-0.2, 0) is 14.3 Å². The van der Waals surface area contributed by atoms with Crippen molar-refractivity contribution >= 4 is 29.2 Å². The predicted molar refractivity (Wildman–Crippen MR) is 66.1 cm³/mol. The summed E-state index contributed by atoms with van der Waals surface area (Å²) in [5.41, 5.74) is 1.51. The van der Waals surface area contributed by atoms with E-state index in [4.69, 9.17) is 16.3 Å². The minimum absolute atomic E-state index is 0.254. The normalized spacial score (nSPS) is 9.82. The van der Waals surface area contributed by atoms with Gasteiger partial charge >= 0.3 is 5.97 Å². The Morgan fingerprint density at radius 3 is 2.71 bits per heavy atom. The van der Waals surface area contributed by atoms with E-state index in [1.165, 1.54) is 0 Å². The number of nitrogens with one attached hydrogen (secondary N) is 1. The molecule has 92 valence electrons. The number of anilines is 1. The first kappa shape index (κ1) is 13.5. The molecule has 0 fully saturated rings. The smallest absolute Gasteiger partial charge is 0.306 e. The molecule has 0 atom stereocenters. The highest BCUT2D eigenvalue weighted by Crippen LogP contribution is 2.19. The Balaban J connectivity index is 2.50. The van der Waals surface area contributed by atoms with Gasteiger partial charge < -0.3 is 10.1 Å². The first-order valence-electron chi connectivity index (χ1n) is 5.24. The molecule has 1 N–H and O–H groups in total. The topological polar surface area (TPSA) is 55.4 Å². The first-order chi connectivity index (χ1) is 8.02. The number of benzene rings is 1. The second-order valence-electron chi connectivity index (χ2n) is 3.53. The van der Waals surface area contributed by atoms with Crippen molar-refractivity contribution in [1.29, 1.82) is 0 Å². The zero-order valence-corrected chi connectivity index (χ0v) is 10.5. The average molecular weight is 256 g/mol. The largest absolute Gasteiger partial charge is 0.456 e. The van der Waals surface area contributed by atoms with Gasteiger partial charge in [0.25, 0.3) is 5.91 Å². The lowest BCUT2D eigenvalue weighted by molar-refractivity contribution is -0.146. The summed E-state index contributed by atoms with van der Waals surface area (Å²) in [6.45, 7) is 3.26. The third-order valence-corrected chi connectivity index (χ3v) is 2.52. The molecule has 1 aromatic rings. The van der Waals surface area contributed by atoms with Gasteiger partial charge in [0.05, 0.1) is 0 Å². The van der Waals surface area contributed by atoms with Crippen LogP contribution in [0.5, 0.6) is 0 Å². The minimum Gasteiger partial charge on any atom is -0.456 e. The van der Waals surface area contributed by atoms with E-state index >= 15 is 0 Å². The second kappa shape index (κ2) is 6.25. The van der Waals surface area contributed by atoms with E-state index in [-0.39, 0.29) is 18.9 Å². The van der Waals surface area contributed by atoms with Gasteiger partial charge in [-0.1, -0.05) is 24.6 Å². The monoisotopic (exact) mass is 255 g/mol. The van der Waals surface area contributed by atoms with E-state index in [1.54, 1.807) is 25.1 Å². The van der Waals surface area contributed by atoms with E-state index in [1.807, 2.05) is 6.92 Å². The number of hydrogen-bond acceptors (Lipinski definition) is 3. The Morgan fingerprint density at radius 2 is 2.12 bits per heavy atom. The van der Waals surface area contributed by atoms with Gasteiger partial charge in [-0.3, -0.25) is 9.59 Å². The van der Waals surface area contributed by atoms with Gasteiger partial charge in [0.1, 0.15) is 0 Å². The van der Waals surface area contributed by atoms with E-state index in [9.17, 15) is 9.59 Å². The molecule has 1 amide bonds. The van der Waals surface area contributed by atoms with Crippen molar-refractivity contribution in [1.82, 2.24) is 0 Å². The zero-order valence-electron chi connectivity index (χ0n) is 9.75. The molecule has 0 aliphatic carbocycles. The number of halogens is 1. The standard InChI is InChI=1S/C12H14ClNO3/c1-3-12(16)17-7-11(15)14-9-5-4-8(2)10(13)6-9/h4-6H,3,7H2,1-2H3,(H,14,15). The maximum Gasteiger partial charge on any atom is 0.306 e. The van der Waals surface area contributed by atoms with Crippen LogP contribution >= 0.6 is 11.6 Å². The van der Waals surface area contributed by atoms with Crippen molar-refractivity contribution in [2.45, 2.75) is 20.3 Å². The molecule has 0 aliphatic heterocycles. The lowest BCUT2D eigenvalue weighted by Crippen LogP contribution is -2.20. The Bertz CT molecular complexity index is 432. The second-order valence-corrected chi connectivity index (χ2v) is 3.93. The van der Waals surface area contributed by atoms with E-state index in [0.29, 0.717) is 10.7 Å². The third kappa shape index (κ3) is 4.44. The van der Waals surface area contributed by atoms with Crippen LogP contribution in [0, 0.1) is 6.92 Å². The number of carbonyl (C=O) groups excluding carboxylic acids is 2. The summed E-state index contributed by atoms with van der Waals surface area (Å²) >= 11 is 5.91. The summed E-state index contributed by atoms with van der Waals surface area (Å²) < 4.78 is 4.70. The molecule has 5 heteroatoms. The van der Waals surface area contributed by atoms with Gasteiger partial charge in [0, 0.05) is 17.1 Å². The molecule has 1 aromatic carbocycles. The molecule has 0 aliphatic rings. The number of hydrogen-bond donors (Lipinski definition) is 1. The predicted octanol–water partition coefficient (Wildman–Crippen LogP) is 2.54. The van der Waals surface area contributed by atoms with E-state index in [2.05, 4.69) is 5.32 Å². The lowest BCUT2D eigenvalue weighted by Gasteiger charge is -2.07. The molecule has 0 saturated carbocycles. The molecule has 0 radical (unpaired) electrons. The summed E-state index contributed by atoms with van der Waals surface area (Å²) in [7, 11) is 0. The molecule has 1 rings (SSSR count). The van der Waals surface area contributed by atoms with Crippen LogP contribution in [0.25, 0.3) is 0 Å². The van der Waals surface area contributed by atoms with Crippen molar-refractivity contribution < 1.29 is 14.3 Å². The van der Waals surface area contributed by atoms with Crippen molar-refractivity contribution in [2.24, 2.45) is 0 Å². The molecule has 0 bridgehead atoms. The summed E-state index contributed by atoms with van der Waals surface area (Å²) in [5.74, 6) is -0.784. The lowest BCUT2D eigenvalue weighted by atomic mass is 10.2. The minimum atomic E-state index is -0.401. The van der Waals surface area contributed by atoms with Gasteiger partial charge in [0.2, 0.25) is 0 Å². The summed E-state index contributed by atoms with van der Waals surface area (Å²) in [6.07, 6.45) is 0.254. The van der Waals surface area contributed by atoms with Crippen molar-refractivity contribution in [3.8, 4) is 0 Å². The van der Waals surface area contributed by atoms with Gasteiger partial charge in [-0.25, -0.2) is 0 Å². The Hall–Kier alpha value is -1.55. The molecule has 0 saturated heterocycles. The van der Waals surface area contributed by atoms with Crippen LogP contribution in [0.2, 0.25) is 5.02 Å². The summed E-state index contributed by atoms with van der Waals surface area (Å²) in [6, 6.07) is 5.19. The van der Waals surface area contributed by atoms with Gasteiger partial charge in [-0.2, -0.15) is 0 Å². The van der Waals surface area contributed by atoms with Gasteiger partial charge in [-0.05, 0) is 24.6 Å². The van der Waals surface area contributed by atoms with Crippen molar-refractivity contribution in [3.05, 3.63) is 28.8 Å². The summed E-state index contributed by atoms with van der Waals surface area (Å²) in [4.78, 5) is 22.2. The van der Waals surface area contributed by atoms with Crippen LogP contribution in [0.15, 0.2) is 18.2 Å². The van der Waals surface area contributed by atoms with Crippen LogP contribution in [0.3, 0.4) is 0 Å². The molecule has 4 nitrogen and oxygen atoms in total. The molecule has 0 spiro atoms. The maximum absolute atomic E-state index is 11.4. The fourth-order valence-corrected chi connectivity index (χ4v) is 1.30. The zero-order chi connectivity index (χ0) is 12.8. The number of esters is 1. The highest BCUT2D eigenvalue weighted by atomic mass is 35.5. The van der Waals surface area contributed by atoms with Crippen LogP contribution in [0.1, 0.15) is 18.9 Å². The van der Waals surface area contributed by atoms with Gasteiger partial charge in [-0.15, -0.1) is 0 Å². The average Bonchev–Trinajstić information content (AvgIpc) is 2.31. The first-order valence-corrected chi connectivity index (χ1v) is 5.62. The quantitative estimate of drug-likeness (QED) is 0.842. The van der Waals surface area contributed by atoms with E-state index in [0.717, 1.165) is 5.56 Å². The fraction of sp³-hybridized carbons (Fsp3) is 0.333. The van der Waals surface area contributed by atoms with Crippen molar-refractivity contribution in [3.63, 3.8) is 0 Å². The molecule has 0 unspecified atom stereocenters. The van der Waals surface area contributed by atoms with Crippen LogP contribution in [-0.4, -0.2) is 18.5 Å². The van der Waals surface area contributed by atoms with Crippen LogP contribution in [0.4, 0.5) is 5.69 Å².